The summed E-state index contributed by atoms with van der Waals surface area (Å²) < 4.78 is 43.6. The summed E-state index contributed by atoms with van der Waals surface area (Å²) in [6.07, 6.45) is 3.21. The maximum atomic E-state index is 12.9. The topological polar surface area (TPSA) is 38.2 Å². The van der Waals surface area contributed by atoms with Gasteiger partial charge in [0.1, 0.15) is 6.61 Å². The van der Waals surface area contributed by atoms with E-state index < -0.39 is 11.7 Å². The molecule has 2 aromatic rings. The second-order valence-electron chi connectivity index (χ2n) is 7.42. The Morgan fingerprint density at radius 2 is 1.96 bits per heavy atom. The van der Waals surface area contributed by atoms with Crippen molar-refractivity contribution in [3.63, 3.8) is 0 Å². The molecule has 0 radical (unpaired) electrons. The third-order valence-electron chi connectivity index (χ3n) is 5.14. The largest absolute Gasteiger partial charge is 0.416 e. The van der Waals surface area contributed by atoms with E-state index in [0.717, 1.165) is 56.1 Å². The van der Waals surface area contributed by atoms with Gasteiger partial charge >= 0.3 is 6.18 Å². The molecular weight excluding hydrogens is 367 g/mol. The molecule has 7 heteroatoms. The lowest BCUT2D eigenvalue weighted by Gasteiger charge is -2.32. The second kappa shape index (κ2) is 9.47. The van der Waals surface area contributed by atoms with E-state index in [2.05, 4.69) is 14.9 Å². The van der Waals surface area contributed by atoms with Crippen LogP contribution in [0.2, 0.25) is 0 Å². The molecule has 0 bridgehead atoms. The molecule has 0 amide bonds. The van der Waals surface area contributed by atoms with E-state index in [-0.39, 0.29) is 0 Å². The summed E-state index contributed by atoms with van der Waals surface area (Å²) in [6, 6.07) is 5.69. The Balaban J connectivity index is 1.51. The summed E-state index contributed by atoms with van der Waals surface area (Å²) >= 11 is 0. The quantitative estimate of drug-likeness (QED) is 0.695. The summed E-state index contributed by atoms with van der Waals surface area (Å²) in [7, 11) is 1.62. The monoisotopic (exact) mass is 393 g/mol. The van der Waals surface area contributed by atoms with Gasteiger partial charge in [0.25, 0.3) is 0 Å². The van der Waals surface area contributed by atoms with E-state index in [1.165, 1.54) is 12.1 Å². The van der Waals surface area contributed by atoms with Crippen molar-refractivity contribution in [2.24, 2.45) is 5.92 Å². The third-order valence-corrected chi connectivity index (χ3v) is 5.14. The second-order valence-corrected chi connectivity index (χ2v) is 7.42. The van der Waals surface area contributed by atoms with E-state index >= 15 is 0 Å². The fourth-order valence-electron chi connectivity index (χ4n) is 3.73. The van der Waals surface area contributed by atoms with Crippen molar-refractivity contribution in [3.05, 3.63) is 59.2 Å². The van der Waals surface area contributed by atoms with Crippen LogP contribution < -0.4 is 0 Å². The number of likely N-dealkylation sites (tertiary alicyclic amines) is 1. The summed E-state index contributed by atoms with van der Waals surface area (Å²) in [4.78, 5) is 11.0. The lowest BCUT2D eigenvalue weighted by Crippen LogP contribution is -2.35. The third kappa shape index (κ3) is 6.01. The summed E-state index contributed by atoms with van der Waals surface area (Å²) in [5.41, 5.74) is 1.26. The highest BCUT2D eigenvalue weighted by atomic mass is 19.4. The highest BCUT2D eigenvalue weighted by Gasteiger charge is 2.30. The number of aromatic nitrogens is 2. The van der Waals surface area contributed by atoms with Crippen molar-refractivity contribution >= 4 is 0 Å². The van der Waals surface area contributed by atoms with Gasteiger partial charge in [-0.3, -0.25) is 4.90 Å². The normalized spacial score (nSPS) is 18.4. The zero-order valence-electron chi connectivity index (χ0n) is 16.1. The van der Waals surface area contributed by atoms with Gasteiger partial charge in [0.05, 0.1) is 5.56 Å². The molecule has 0 spiro atoms. The maximum Gasteiger partial charge on any atom is 0.416 e. The summed E-state index contributed by atoms with van der Waals surface area (Å²) in [6.45, 7) is 3.19. The average Bonchev–Trinajstić information content (AvgIpc) is 2.68. The van der Waals surface area contributed by atoms with Crippen LogP contribution in [0.4, 0.5) is 13.2 Å². The molecule has 1 aromatic carbocycles. The van der Waals surface area contributed by atoms with Crippen LogP contribution in [0, 0.1) is 5.92 Å². The Morgan fingerprint density at radius 3 is 2.68 bits per heavy atom. The standard InChI is InChI=1S/C21H26F3N3O/c1-28-15-20-25-11-18(12-26-20)14-27-9-3-5-17(13-27)8-7-16-4-2-6-19(10-16)21(22,23)24/h2,4,6,10-12,17H,3,5,7-9,13-15H2,1H3/t17-/m1/s1. The molecular formula is C21H26F3N3O. The van der Waals surface area contributed by atoms with Crippen LogP contribution in [0.5, 0.6) is 0 Å². The molecule has 1 aliphatic heterocycles. The number of ether oxygens (including phenoxy) is 1. The minimum atomic E-state index is -4.28. The van der Waals surface area contributed by atoms with E-state index in [4.69, 9.17) is 4.74 Å². The zero-order chi connectivity index (χ0) is 20.0. The minimum absolute atomic E-state index is 0.404. The van der Waals surface area contributed by atoms with E-state index in [1.807, 2.05) is 12.4 Å². The van der Waals surface area contributed by atoms with Gasteiger partial charge in [-0.2, -0.15) is 13.2 Å². The highest BCUT2D eigenvalue weighted by Crippen LogP contribution is 2.30. The molecule has 1 aromatic heterocycles. The van der Waals surface area contributed by atoms with Crippen molar-refractivity contribution in [2.75, 3.05) is 20.2 Å². The number of methoxy groups -OCH3 is 1. The smallest absolute Gasteiger partial charge is 0.377 e. The molecule has 0 N–H and O–H groups in total. The van der Waals surface area contributed by atoms with Crippen LogP contribution in [-0.4, -0.2) is 35.1 Å². The van der Waals surface area contributed by atoms with E-state index in [9.17, 15) is 13.2 Å². The molecule has 1 fully saturated rings. The van der Waals surface area contributed by atoms with Gasteiger partial charge in [0, 0.05) is 38.2 Å². The number of hydrogen-bond donors (Lipinski definition) is 0. The fraction of sp³-hybridized carbons (Fsp3) is 0.524. The average molecular weight is 393 g/mol. The number of hydrogen-bond acceptors (Lipinski definition) is 4. The van der Waals surface area contributed by atoms with Gasteiger partial charge in [-0.15, -0.1) is 0 Å². The van der Waals surface area contributed by atoms with Crippen molar-refractivity contribution in [1.82, 2.24) is 14.9 Å². The van der Waals surface area contributed by atoms with Crippen molar-refractivity contribution in [2.45, 2.75) is 45.0 Å². The Bertz CT molecular complexity index is 749. The predicted molar refractivity (Wildman–Crippen MR) is 101 cm³/mol. The number of alkyl halides is 3. The van der Waals surface area contributed by atoms with Crippen LogP contribution in [0.1, 0.15) is 41.8 Å². The Kier molecular flexibility index (Phi) is 7.02. The molecule has 152 valence electrons. The van der Waals surface area contributed by atoms with Crippen molar-refractivity contribution < 1.29 is 17.9 Å². The molecule has 1 saturated heterocycles. The number of aryl methyl sites for hydroxylation is 1. The number of halogens is 3. The highest BCUT2D eigenvalue weighted by molar-refractivity contribution is 5.25. The molecule has 2 heterocycles. The molecule has 3 rings (SSSR count). The van der Waals surface area contributed by atoms with Crippen LogP contribution in [0.25, 0.3) is 0 Å². The molecule has 0 saturated carbocycles. The SMILES string of the molecule is COCc1ncc(CN2CCC[C@H](CCc3cccc(C(F)(F)F)c3)C2)cn1. The van der Waals surface area contributed by atoms with Gasteiger partial charge in [-0.1, -0.05) is 18.2 Å². The molecule has 0 aliphatic carbocycles. The predicted octanol–water partition coefficient (Wildman–Crippen LogP) is 4.49. The van der Waals surface area contributed by atoms with Gasteiger partial charge < -0.3 is 4.74 Å². The first-order valence-corrected chi connectivity index (χ1v) is 9.61. The first-order valence-electron chi connectivity index (χ1n) is 9.61. The molecule has 4 nitrogen and oxygen atoms in total. The Hall–Kier alpha value is -1.99. The van der Waals surface area contributed by atoms with Crippen LogP contribution >= 0.6 is 0 Å². The number of benzene rings is 1. The van der Waals surface area contributed by atoms with Crippen LogP contribution in [0.3, 0.4) is 0 Å². The number of piperidine rings is 1. The summed E-state index contributed by atoms with van der Waals surface area (Å²) in [5, 5.41) is 0. The van der Waals surface area contributed by atoms with E-state index in [0.29, 0.717) is 24.8 Å². The lowest BCUT2D eigenvalue weighted by molar-refractivity contribution is -0.137. The van der Waals surface area contributed by atoms with Gasteiger partial charge in [-0.05, 0) is 49.8 Å². The van der Waals surface area contributed by atoms with Gasteiger partial charge in [0.2, 0.25) is 0 Å². The Morgan fingerprint density at radius 1 is 1.18 bits per heavy atom. The first kappa shape index (κ1) is 20.7. The number of rotatable bonds is 7. The minimum Gasteiger partial charge on any atom is -0.377 e. The van der Waals surface area contributed by atoms with Crippen molar-refractivity contribution in [3.8, 4) is 0 Å². The van der Waals surface area contributed by atoms with Gasteiger partial charge in [-0.25, -0.2) is 9.97 Å². The van der Waals surface area contributed by atoms with Crippen molar-refractivity contribution in [1.29, 1.82) is 0 Å². The van der Waals surface area contributed by atoms with Gasteiger partial charge in [0.15, 0.2) is 5.82 Å². The fourth-order valence-corrected chi connectivity index (χ4v) is 3.73. The Labute approximate surface area is 163 Å². The maximum absolute atomic E-state index is 12.9. The van der Waals surface area contributed by atoms with Crippen LogP contribution in [0.15, 0.2) is 36.7 Å². The summed E-state index contributed by atoms with van der Waals surface area (Å²) in [5.74, 6) is 1.17. The van der Waals surface area contributed by atoms with Crippen LogP contribution in [-0.2, 0) is 30.5 Å². The molecule has 1 atom stereocenters. The molecule has 28 heavy (non-hydrogen) atoms. The number of nitrogens with zero attached hydrogens (tertiary/aromatic N) is 3. The lowest BCUT2D eigenvalue weighted by atomic mass is 9.91. The zero-order valence-corrected chi connectivity index (χ0v) is 16.1. The first-order chi connectivity index (χ1) is 13.4. The molecule has 1 aliphatic rings. The molecule has 0 unspecified atom stereocenters. The van der Waals surface area contributed by atoms with E-state index in [1.54, 1.807) is 13.2 Å².